The highest BCUT2D eigenvalue weighted by atomic mass is 19.4. The Kier molecular flexibility index (Phi) is 4.62. The number of alkyl halides is 3. The van der Waals surface area contributed by atoms with E-state index in [4.69, 9.17) is 0 Å². The van der Waals surface area contributed by atoms with Gasteiger partial charge in [-0.05, 0) is 37.2 Å². The second kappa shape index (κ2) is 6.41. The Hall–Kier alpha value is -1.53. The lowest BCUT2D eigenvalue weighted by atomic mass is 9.78. The number of hydrogen-bond acceptors (Lipinski definition) is 2. The predicted octanol–water partition coefficient (Wildman–Crippen LogP) is 3.72. The number of amides is 1. The van der Waals surface area contributed by atoms with Crippen molar-refractivity contribution < 1.29 is 18.0 Å². The molecular weight excluding hydrogens is 319 g/mol. The van der Waals surface area contributed by atoms with Gasteiger partial charge in [0.15, 0.2) is 5.69 Å². The lowest BCUT2D eigenvalue weighted by molar-refractivity contribution is -0.141. The minimum absolute atomic E-state index is 0.100. The minimum atomic E-state index is -4.47. The molecule has 1 aromatic rings. The molecule has 3 atom stereocenters. The average molecular weight is 343 g/mol. The second-order valence-corrected chi connectivity index (χ2v) is 7.33. The van der Waals surface area contributed by atoms with Crippen molar-refractivity contribution in [2.75, 3.05) is 0 Å². The molecule has 0 aromatic carbocycles. The fraction of sp³-hybridized carbons (Fsp3) is 0.765. The molecule has 24 heavy (non-hydrogen) atoms. The standard InChI is InChI=1S/C17H24F3N3O/c1-10-4-3-5-13(11(10)2)21-16(24)9-23-14(12-6-7-12)8-15(22-23)17(18,19)20/h8,10-13H,3-7,9H2,1-2H3,(H,21,24)/t10-,11-,13-/m1/s1. The topological polar surface area (TPSA) is 46.9 Å². The summed E-state index contributed by atoms with van der Waals surface area (Å²) in [7, 11) is 0. The van der Waals surface area contributed by atoms with Crippen LogP contribution < -0.4 is 5.32 Å². The van der Waals surface area contributed by atoms with Gasteiger partial charge in [0.25, 0.3) is 0 Å². The van der Waals surface area contributed by atoms with Crippen molar-refractivity contribution in [3.8, 4) is 0 Å². The summed E-state index contributed by atoms with van der Waals surface area (Å²) in [5, 5.41) is 6.64. The Morgan fingerprint density at radius 1 is 1.29 bits per heavy atom. The largest absolute Gasteiger partial charge is 0.435 e. The first-order valence-corrected chi connectivity index (χ1v) is 8.70. The summed E-state index contributed by atoms with van der Waals surface area (Å²) in [6, 6.07) is 1.19. The molecule has 1 amide bonds. The molecule has 0 bridgehead atoms. The van der Waals surface area contributed by atoms with Gasteiger partial charge in [-0.25, -0.2) is 0 Å². The maximum atomic E-state index is 12.9. The Balaban J connectivity index is 1.69. The molecule has 1 aromatic heterocycles. The maximum absolute atomic E-state index is 12.9. The summed E-state index contributed by atoms with van der Waals surface area (Å²) in [5.74, 6) is 0.788. The van der Waals surface area contributed by atoms with E-state index < -0.39 is 11.9 Å². The van der Waals surface area contributed by atoms with E-state index in [0.29, 0.717) is 17.5 Å². The summed E-state index contributed by atoms with van der Waals surface area (Å²) in [4.78, 5) is 12.3. The third-order valence-corrected chi connectivity index (χ3v) is 5.44. The van der Waals surface area contributed by atoms with Crippen LogP contribution >= 0.6 is 0 Å². The fourth-order valence-corrected chi connectivity index (χ4v) is 3.58. The van der Waals surface area contributed by atoms with E-state index in [2.05, 4.69) is 24.3 Å². The number of aromatic nitrogens is 2. The molecule has 0 radical (unpaired) electrons. The van der Waals surface area contributed by atoms with Crippen molar-refractivity contribution in [3.63, 3.8) is 0 Å². The second-order valence-electron chi connectivity index (χ2n) is 7.33. The molecule has 1 N–H and O–H groups in total. The minimum Gasteiger partial charge on any atom is -0.351 e. The van der Waals surface area contributed by atoms with Crippen LogP contribution in [0.5, 0.6) is 0 Å². The van der Waals surface area contributed by atoms with Gasteiger partial charge < -0.3 is 5.32 Å². The van der Waals surface area contributed by atoms with Crippen LogP contribution in [0.2, 0.25) is 0 Å². The molecule has 4 nitrogen and oxygen atoms in total. The fourth-order valence-electron chi connectivity index (χ4n) is 3.58. The maximum Gasteiger partial charge on any atom is 0.435 e. The molecule has 2 aliphatic carbocycles. The van der Waals surface area contributed by atoms with Gasteiger partial charge >= 0.3 is 6.18 Å². The molecule has 2 saturated carbocycles. The zero-order valence-corrected chi connectivity index (χ0v) is 14.1. The van der Waals surface area contributed by atoms with Crippen LogP contribution in [0, 0.1) is 11.8 Å². The zero-order valence-electron chi connectivity index (χ0n) is 14.1. The van der Waals surface area contributed by atoms with Gasteiger partial charge in [0, 0.05) is 17.7 Å². The van der Waals surface area contributed by atoms with Crippen LogP contribution in [0.15, 0.2) is 6.07 Å². The van der Waals surface area contributed by atoms with Crippen molar-refractivity contribution in [1.29, 1.82) is 0 Å². The van der Waals surface area contributed by atoms with Crippen LogP contribution in [-0.2, 0) is 17.5 Å². The van der Waals surface area contributed by atoms with Crippen LogP contribution in [0.25, 0.3) is 0 Å². The van der Waals surface area contributed by atoms with E-state index in [9.17, 15) is 18.0 Å². The molecule has 2 fully saturated rings. The highest BCUT2D eigenvalue weighted by Gasteiger charge is 2.38. The van der Waals surface area contributed by atoms with E-state index in [1.807, 2.05) is 0 Å². The summed E-state index contributed by atoms with van der Waals surface area (Å²) >= 11 is 0. The number of nitrogens with zero attached hydrogens (tertiary/aromatic N) is 2. The van der Waals surface area contributed by atoms with Crippen molar-refractivity contribution in [2.24, 2.45) is 11.8 Å². The lowest BCUT2D eigenvalue weighted by Gasteiger charge is -2.34. The van der Waals surface area contributed by atoms with Gasteiger partial charge in [-0.3, -0.25) is 9.48 Å². The van der Waals surface area contributed by atoms with E-state index >= 15 is 0 Å². The molecule has 0 aliphatic heterocycles. The van der Waals surface area contributed by atoms with Gasteiger partial charge in [0.2, 0.25) is 5.91 Å². The van der Waals surface area contributed by atoms with E-state index in [-0.39, 0.29) is 24.4 Å². The first kappa shape index (κ1) is 17.3. The van der Waals surface area contributed by atoms with E-state index in [1.165, 1.54) is 4.68 Å². The van der Waals surface area contributed by atoms with Gasteiger partial charge in [-0.1, -0.05) is 26.7 Å². The number of rotatable bonds is 4. The predicted molar refractivity (Wildman–Crippen MR) is 83.3 cm³/mol. The molecule has 3 rings (SSSR count). The quantitative estimate of drug-likeness (QED) is 0.906. The number of carbonyl (C=O) groups is 1. The van der Waals surface area contributed by atoms with Crippen molar-refractivity contribution in [2.45, 2.75) is 70.6 Å². The molecule has 0 spiro atoms. The molecule has 1 heterocycles. The van der Waals surface area contributed by atoms with Gasteiger partial charge in [-0.15, -0.1) is 0 Å². The van der Waals surface area contributed by atoms with Gasteiger partial charge in [-0.2, -0.15) is 18.3 Å². The number of hydrogen-bond donors (Lipinski definition) is 1. The highest BCUT2D eigenvalue weighted by molar-refractivity contribution is 5.76. The van der Waals surface area contributed by atoms with Crippen molar-refractivity contribution >= 4 is 5.91 Å². The van der Waals surface area contributed by atoms with E-state index in [0.717, 1.165) is 38.2 Å². The third kappa shape index (κ3) is 3.75. The van der Waals surface area contributed by atoms with E-state index in [1.54, 1.807) is 0 Å². The van der Waals surface area contributed by atoms with Crippen LogP contribution in [0.4, 0.5) is 13.2 Å². The summed E-state index contributed by atoms with van der Waals surface area (Å²) < 4.78 is 39.9. The lowest BCUT2D eigenvalue weighted by Crippen LogP contribution is -2.45. The van der Waals surface area contributed by atoms with Gasteiger partial charge in [0.1, 0.15) is 6.54 Å². The molecule has 7 heteroatoms. The molecule has 134 valence electrons. The highest BCUT2D eigenvalue weighted by Crippen LogP contribution is 2.42. The van der Waals surface area contributed by atoms with Gasteiger partial charge in [0.05, 0.1) is 0 Å². The smallest absolute Gasteiger partial charge is 0.351 e. The monoisotopic (exact) mass is 343 g/mol. The first-order chi connectivity index (χ1) is 11.3. The Morgan fingerprint density at radius 3 is 2.62 bits per heavy atom. The SMILES string of the molecule is C[C@@H]1[C@H](C)CCC[C@H]1NC(=O)Cn1nc(C(F)(F)F)cc1C1CC1. The first-order valence-electron chi connectivity index (χ1n) is 8.70. The van der Waals surface area contributed by atoms with Crippen molar-refractivity contribution in [1.82, 2.24) is 15.1 Å². The normalized spacial score (nSPS) is 28.0. The molecule has 0 saturated heterocycles. The molecule has 0 unspecified atom stereocenters. The van der Waals surface area contributed by atoms with Crippen LogP contribution in [-0.4, -0.2) is 21.7 Å². The molecular formula is C17H24F3N3O. The Morgan fingerprint density at radius 2 is 2.00 bits per heavy atom. The number of halogens is 3. The molecule has 2 aliphatic rings. The average Bonchev–Trinajstić information content (AvgIpc) is 3.24. The van der Waals surface area contributed by atoms with Crippen LogP contribution in [0.3, 0.4) is 0 Å². The Bertz CT molecular complexity index is 607. The number of carbonyl (C=O) groups excluding carboxylic acids is 1. The zero-order chi connectivity index (χ0) is 17.5. The summed E-state index contributed by atoms with van der Waals surface area (Å²) in [6.07, 6.45) is 0.416. The Labute approximate surface area is 139 Å². The third-order valence-electron chi connectivity index (χ3n) is 5.44. The summed E-state index contributed by atoms with van der Waals surface area (Å²) in [6.45, 7) is 4.16. The van der Waals surface area contributed by atoms with Crippen molar-refractivity contribution in [3.05, 3.63) is 17.5 Å². The van der Waals surface area contributed by atoms with Crippen LogP contribution in [0.1, 0.15) is 63.3 Å². The summed E-state index contributed by atoms with van der Waals surface area (Å²) in [5.41, 5.74) is -0.376. The number of nitrogens with one attached hydrogen (secondary N) is 1.